The van der Waals surface area contributed by atoms with Crippen LogP contribution in [0.25, 0.3) is 0 Å². The standard InChI is InChI=1S/C20H23N3O/c21-18(15-7-2-1-3-8-15)16-10-12-20(16,19(22)24)23-13-11-14-6-4-5-9-17(14)23/h1-9,16,18H,10-13,21H2,(H2,22,24). The van der Waals surface area contributed by atoms with Gasteiger partial charge < -0.3 is 16.4 Å². The van der Waals surface area contributed by atoms with Gasteiger partial charge in [-0.05, 0) is 36.5 Å². The number of carbonyl (C=O) groups excluding carboxylic acids is 1. The van der Waals surface area contributed by atoms with Gasteiger partial charge in [0, 0.05) is 24.2 Å². The third kappa shape index (κ3) is 2.06. The van der Waals surface area contributed by atoms with Gasteiger partial charge in [-0.2, -0.15) is 0 Å². The molecule has 4 rings (SSSR count). The second-order valence-electron chi connectivity index (χ2n) is 6.90. The Kier molecular flexibility index (Phi) is 3.57. The summed E-state index contributed by atoms with van der Waals surface area (Å²) < 4.78 is 0. The van der Waals surface area contributed by atoms with Crippen molar-refractivity contribution in [2.45, 2.75) is 30.8 Å². The predicted molar refractivity (Wildman–Crippen MR) is 95.5 cm³/mol. The van der Waals surface area contributed by atoms with Gasteiger partial charge in [-0.25, -0.2) is 0 Å². The molecule has 0 bridgehead atoms. The Hall–Kier alpha value is -2.33. The van der Waals surface area contributed by atoms with Crippen LogP contribution in [0.1, 0.15) is 30.0 Å². The molecule has 2 aliphatic rings. The summed E-state index contributed by atoms with van der Waals surface area (Å²) in [6.07, 6.45) is 2.66. The first-order valence-electron chi connectivity index (χ1n) is 8.60. The van der Waals surface area contributed by atoms with E-state index in [9.17, 15) is 4.79 Å². The molecule has 1 aliphatic carbocycles. The number of nitrogens with two attached hydrogens (primary N) is 2. The average Bonchev–Trinajstić information content (AvgIpc) is 2.99. The fourth-order valence-electron chi connectivity index (χ4n) is 4.50. The molecule has 2 aromatic carbocycles. The van der Waals surface area contributed by atoms with Crippen LogP contribution in [0.4, 0.5) is 5.69 Å². The van der Waals surface area contributed by atoms with E-state index in [1.165, 1.54) is 5.56 Å². The first-order valence-corrected chi connectivity index (χ1v) is 8.60. The van der Waals surface area contributed by atoms with Crippen molar-refractivity contribution in [1.29, 1.82) is 0 Å². The average molecular weight is 321 g/mol. The highest BCUT2D eigenvalue weighted by molar-refractivity contribution is 5.91. The minimum absolute atomic E-state index is 0.0450. The second-order valence-corrected chi connectivity index (χ2v) is 6.90. The summed E-state index contributed by atoms with van der Waals surface area (Å²) in [6.45, 7) is 0.834. The van der Waals surface area contributed by atoms with Crippen molar-refractivity contribution in [1.82, 2.24) is 0 Å². The molecule has 1 saturated carbocycles. The highest BCUT2D eigenvalue weighted by atomic mass is 16.1. The van der Waals surface area contributed by atoms with Crippen molar-refractivity contribution in [2.24, 2.45) is 17.4 Å². The van der Waals surface area contributed by atoms with Crippen LogP contribution in [-0.2, 0) is 11.2 Å². The van der Waals surface area contributed by atoms with Gasteiger partial charge >= 0.3 is 0 Å². The number of nitrogens with zero attached hydrogens (tertiary/aromatic N) is 1. The molecule has 4 heteroatoms. The molecule has 0 radical (unpaired) electrons. The molecular weight excluding hydrogens is 298 g/mol. The number of primary amides is 1. The lowest BCUT2D eigenvalue weighted by atomic mass is 9.60. The fourth-order valence-corrected chi connectivity index (χ4v) is 4.50. The molecule has 1 aliphatic heterocycles. The van der Waals surface area contributed by atoms with Crippen LogP contribution >= 0.6 is 0 Å². The van der Waals surface area contributed by atoms with Crippen molar-refractivity contribution < 1.29 is 4.79 Å². The predicted octanol–water partition coefficient (Wildman–Crippen LogP) is 2.38. The molecule has 1 heterocycles. The van der Waals surface area contributed by atoms with Gasteiger partial charge in [-0.1, -0.05) is 48.5 Å². The first-order chi connectivity index (χ1) is 11.6. The molecule has 0 aromatic heterocycles. The van der Waals surface area contributed by atoms with Gasteiger partial charge in [0.2, 0.25) is 5.91 Å². The number of amides is 1. The molecule has 3 atom stereocenters. The SMILES string of the molecule is NC(=O)C1(N2CCc3ccccc32)CCC1C(N)c1ccccc1. The Bertz CT molecular complexity index is 760. The third-order valence-corrected chi connectivity index (χ3v) is 5.86. The van der Waals surface area contributed by atoms with Crippen molar-refractivity contribution >= 4 is 11.6 Å². The van der Waals surface area contributed by atoms with E-state index in [4.69, 9.17) is 11.5 Å². The molecule has 0 saturated heterocycles. The van der Waals surface area contributed by atoms with Gasteiger partial charge in [-0.3, -0.25) is 4.79 Å². The van der Waals surface area contributed by atoms with Gasteiger partial charge in [0.15, 0.2) is 0 Å². The van der Waals surface area contributed by atoms with E-state index in [2.05, 4.69) is 17.0 Å². The summed E-state index contributed by atoms with van der Waals surface area (Å²) >= 11 is 0. The number of hydrogen-bond acceptors (Lipinski definition) is 3. The number of rotatable bonds is 4. The smallest absolute Gasteiger partial charge is 0.243 e. The Labute approximate surface area is 142 Å². The number of fused-ring (bicyclic) bond motifs is 1. The van der Waals surface area contributed by atoms with E-state index in [1.54, 1.807) is 0 Å². The fraction of sp³-hybridized carbons (Fsp3) is 0.350. The summed E-state index contributed by atoms with van der Waals surface area (Å²) in [5, 5.41) is 0. The number of para-hydroxylation sites is 1. The molecule has 1 amide bonds. The summed E-state index contributed by atoms with van der Waals surface area (Å²) in [5.74, 6) is -0.203. The van der Waals surface area contributed by atoms with Crippen LogP contribution < -0.4 is 16.4 Å². The number of carbonyl (C=O) groups is 1. The van der Waals surface area contributed by atoms with E-state index in [-0.39, 0.29) is 17.9 Å². The highest BCUT2D eigenvalue weighted by Gasteiger charge is 2.58. The van der Waals surface area contributed by atoms with Crippen molar-refractivity contribution in [2.75, 3.05) is 11.4 Å². The lowest BCUT2D eigenvalue weighted by Gasteiger charge is -2.55. The van der Waals surface area contributed by atoms with Crippen molar-refractivity contribution in [3.63, 3.8) is 0 Å². The Balaban J connectivity index is 1.72. The summed E-state index contributed by atoms with van der Waals surface area (Å²) in [5.41, 5.74) is 15.3. The lowest BCUT2D eigenvalue weighted by molar-refractivity contribution is -0.130. The minimum atomic E-state index is -0.665. The van der Waals surface area contributed by atoms with Crippen LogP contribution in [0.2, 0.25) is 0 Å². The van der Waals surface area contributed by atoms with Gasteiger partial charge in [0.05, 0.1) is 0 Å². The second kappa shape index (κ2) is 5.64. The zero-order valence-electron chi connectivity index (χ0n) is 13.7. The molecule has 0 spiro atoms. The Morgan fingerprint density at radius 3 is 2.50 bits per heavy atom. The molecule has 2 aromatic rings. The minimum Gasteiger partial charge on any atom is -0.368 e. The van der Waals surface area contributed by atoms with Gasteiger partial charge in [-0.15, -0.1) is 0 Å². The maximum absolute atomic E-state index is 12.6. The molecule has 1 fully saturated rings. The summed E-state index contributed by atoms with van der Waals surface area (Å²) in [4.78, 5) is 14.8. The van der Waals surface area contributed by atoms with E-state index in [0.717, 1.165) is 37.1 Å². The zero-order valence-corrected chi connectivity index (χ0v) is 13.7. The number of benzene rings is 2. The summed E-state index contributed by atoms with van der Waals surface area (Å²) in [6, 6.07) is 18.2. The molecule has 4 nitrogen and oxygen atoms in total. The first kappa shape index (κ1) is 15.2. The highest BCUT2D eigenvalue weighted by Crippen LogP contribution is 2.52. The van der Waals surface area contributed by atoms with E-state index >= 15 is 0 Å². The molecule has 4 N–H and O–H groups in total. The zero-order chi connectivity index (χ0) is 16.7. The molecular formula is C20H23N3O. The lowest BCUT2D eigenvalue weighted by Crippen LogP contribution is -2.69. The topological polar surface area (TPSA) is 72.4 Å². The third-order valence-electron chi connectivity index (χ3n) is 5.86. The quantitative estimate of drug-likeness (QED) is 0.908. The maximum Gasteiger partial charge on any atom is 0.243 e. The Morgan fingerprint density at radius 1 is 1.12 bits per heavy atom. The summed E-state index contributed by atoms with van der Waals surface area (Å²) in [7, 11) is 0. The maximum atomic E-state index is 12.6. The van der Waals surface area contributed by atoms with Crippen LogP contribution in [0.3, 0.4) is 0 Å². The van der Waals surface area contributed by atoms with Crippen molar-refractivity contribution in [3.05, 3.63) is 65.7 Å². The molecule has 3 unspecified atom stereocenters. The normalized spacial score (nSPS) is 26.5. The van der Waals surface area contributed by atoms with Crippen LogP contribution in [0.15, 0.2) is 54.6 Å². The van der Waals surface area contributed by atoms with E-state index in [1.807, 2.05) is 42.5 Å². The largest absolute Gasteiger partial charge is 0.368 e. The monoisotopic (exact) mass is 321 g/mol. The van der Waals surface area contributed by atoms with Gasteiger partial charge in [0.25, 0.3) is 0 Å². The molecule has 124 valence electrons. The van der Waals surface area contributed by atoms with Crippen molar-refractivity contribution in [3.8, 4) is 0 Å². The van der Waals surface area contributed by atoms with Crippen LogP contribution in [0, 0.1) is 5.92 Å². The van der Waals surface area contributed by atoms with E-state index in [0.29, 0.717) is 0 Å². The van der Waals surface area contributed by atoms with Gasteiger partial charge in [0.1, 0.15) is 5.54 Å². The van der Waals surface area contributed by atoms with E-state index < -0.39 is 5.54 Å². The van der Waals surface area contributed by atoms with Crippen LogP contribution in [-0.4, -0.2) is 18.0 Å². The van der Waals surface area contributed by atoms with Crippen LogP contribution in [0.5, 0.6) is 0 Å². The number of anilines is 1. The molecule has 24 heavy (non-hydrogen) atoms. The number of hydrogen-bond donors (Lipinski definition) is 2. The Morgan fingerprint density at radius 2 is 1.83 bits per heavy atom.